The van der Waals surface area contributed by atoms with E-state index in [0.29, 0.717) is 17.0 Å². The van der Waals surface area contributed by atoms with Crippen molar-refractivity contribution in [1.29, 1.82) is 0 Å². The molecular formula is C23H19F3N4O4. The maximum Gasteiger partial charge on any atom is 0.422 e. The quantitative estimate of drug-likeness (QED) is 0.460. The average Bonchev–Trinajstić information content (AvgIpc) is 3.16. The van der Waals surface area contributed by atoms with Gasteiger partial charge in [0.25, 0.3) is 11.5 Å². The molecule has 0 atom stereocenters. The van der Waals surface area contributed by atoms with Gasteiger partial charge in [-0.1, -0.05) is 12.1 Å². The van der Waals surface area contributed by atoms with Crippen LogP contribution in [-0.2, 0) is 7.05 Å². The van der Waals surface area contributed by atoms with Crippen LogP contribution in [-0.4, -0.2) is 39.9 Å². The number of hydrogen-bond acceptors (Lipinski definition) is 5. The van der Waals surface area contributed by atoms with Crippen LogP contribution in [0.3, 0.4) is 0 Å². The summed E-state index contributed by atoms with van der Waals surface area (Å²) in [4.78, 5) is 30.1. The van der Waals surface area contributed by atoms with Gasteiger partial charge in [0, 0.05) is 25.5 Å². The highest BCUT2D eigenvalue weighted by molar-refractivity contribution is 6.12. The van der Waals surface area contributed by atoms with Crippen LogP contribution in [0.2, 0.25) is 0 Å². The van der Waals surface area contributed by atoms with Crippen molar-refractivity contribution in [2.24, 2.45) is 7.05 Å². The standard InChI is InChI=1S/C23H19F3N4O4/c1-29-12-15(21(31)28-14-7-8-19(27-11-14)34-13-23(24,25)26)20-17(29)9-10-30(22(20)32)16-5-3-4-6-18(16)33-2/h3-12H,13H2,1-2H3,(H,28,31). The highest BCUT2D eigenvalue weighted by Crippen LogP contribution is 2.24. The first-order chi connectivity index (χ1) is 16.2. The van der Waals surface area contributed by atoms with Crippen molar-refractivity contribution >= 4 is 22.5 Å². The van der Waals surface area contributed by atoms with Gasteiger partial charge in [-0.3, -0.25) is 14.2 Å². The predicted octanol–water partition coefficient (Wildman–Crippen LogP) is 3.93. The molecule has 0 aliphatic heterocycles. The number of nitrogens with zero attached hydrogens (tertiary/aromatic N) is 3. The Morgan fingerprint density at radius 3 is 2.59 bits per heavy atom. The highest BCUT2D eigenvalue weighted by Gasteiger charge is 2.28. The van der Waals surface area contributed by atoms with Crippen molar-refractivity contribution in [3.05, 3.63) is 77.0 Å². The van der Waals surface area contributed by atoms with Gasteiger partial charge in [0.2, 0.25) is 5.88 Å². The number of methoxy groups -OCH3 is 1. The van der Waals surface area contributed by atoms with Gasteiger partial charge in [-0.05, 0) is 24.3 Å². The van der Waals surface area contributed by atoms with E-state index in [-0.39, 0.29) is 22.5 Å². The van der Waals surface area contributed by atoms with Gasteiger partial charge in [0.05, 0.1) is 41.1 Å². The number of benzene rings is 1. The Hall–Kier alpha value is -4.28. The summed E-state index contributed by atoms with van der Waals surface area (Å²) in [5.41, 5.74) is 1.01. The number of anilines is 1. The SMILES string of the molecule is COc1ccccc1-n1ccc2c(c(C(=O)Nc3ccc(OCC(F)(F)F)nc3)cn2C)c1=O. The van der Waals surface area contributed by atoms with Crippen molar-refractivity contribution in [2.45, 2.75) is 6.18 Å². The number of carbonyl (C=O) groups excluding carboxylic acids is 1. The normalized spacial score (nSPS) is 11.4. The maximum absolute atomic E-state index is 13.4. The Morgan fingerprint density at radius 2 is 1.91 bits per heavy atom. The number of para-hydroxylation sites is 2. The molecule has 0 aliphatic carbocycles. The molecule has 11 heteroatoms. The average molecular weight is 472 g/mol. The van der Waals surface area contributed by atoms with Crippen LogP contribution in [0.4, 0.5) is 18.9 Å². The molecule has 4 aromatic rings. The van der Waals surface area contributed by atoms with Crippen LogP contribution in [0.25, 0.3) is 16.6 Å². The lowest BCUT2D eigenvalue weighted by atomic mass is 10.2. The molecule has 3 aromatic heterocycles. The van der Waals surface area contributed by atoms with Gasteiger partial charge in [-0.15, -0.1) is 0 Å². The number of alkyl halides is 3. The highest BCUT2D eigenvalue weighted by atomic mass is 19.4. The number of amides is 1. The Bertz CT molecular complexity index is 1410. The second kappa shape index (κ2) is 8.93. The molecule has 0 aliphatic rings. The number of halogens is 3. The van der Waals surface area contributed by atoms with Gasteiger partial charge >= 0.3 is 6.18 Å². The van der Waals surface area contributed by atoms with E-state index >= 15 is 0 Å². The summed E-state index contributed by atoms with van der Waals surface area (Å²) >= 11 is 0. The predicted molar refractivity (Wildman–Crippen MR) is 119 cm³/mol. The molecule has 3 heterocycles. The fraction of sp³-hybridized carbons (Fsp3) is 0.174. The molecule has 0 spiro atoms. The van der Waals surface area contributed by atoms with Crippen LogP contribution >= 0.6 is 0 Å². The molecule has 0 fully saturated rings. The molecule has 0 unspecified atom stereocenters. The summed E-state index contributed by atoms with van der Waals surface area (Å²) < 4.78 is 49.8. The smallest absolute Gasteiger partial charge is 0.422 e. The van der Waals surface area contributed by atoms with E-state index in [4.69, 9.17) is 4.74 Å². The maximum atomic E-state index is 13.4. The molecule has 4 rings (SSSR count). The number of carbonyl (C=O) groups is 1. The van der Waals surface area contributed by atoms with Crippen LogP contribution in [0.1, 0.15) is 10.4 Å². The number of pyridine rings is 2. The van der Waals surface area contributed by atoms with Crippen molar-refractivity contribution in [3.63, 3.8) is 0 Å². The number of aromatic nitrogens is 3. The minimum Gasteiger partial charge on any atom is -0.495 e. The summed E-state index contributed by atoms with van der Waals surface area (Å²) in [7, 11) is 3.21. The number of hydrogen-bond donors (Lipinski definition) is 1. The van der Waals surface area contributed by atoms with E-state index in [1.54, 1.807) is 48.1 Å². The van der Waals surface area contributed by atoms with E-state index < -0.39 is 24.2 Å². The molecule has 1 amide bonds. The van der Waals surface area contributed by atoms with Crippen molar-refractivity contribution in [1.82, 2.24) is 14.1 Å². The van der Waals surface area contributed by atoms with Gasteiger partial charge < -0.3 is 19.4 Å². The van der Waals surface area contributed by atoms with Crippen molar-refractivity contribution < 1.29 is 27.4 Å². The lowest BCUT2D eigenvalue weighted by Gasteiger charge is -2.11. The van der Waals surface area contributed by atoms with E-state index in [1.165, 1.54) is 36.2 Å². The third-order valence-electron chi connectivity index (χ3n) is 5.01. The molecular weight excluding hydrogens is 453 g/mol. The van der Waals surface area contributed by atoms with Crippen LogP contribution in [0, 0.1) is 0 Å². The number of fused-ring (bicyclic) bond motifs is 1. The first-order valence-corrected chi connectivity index (χ1v) is 9.99. The third-order valence-corrected chi connectivity index (χ3v) is 5.01. The molecule has 176 valence electrons. The first kappa shape index (κ1) is 22.9. The molecule has 34 heavy (non-hydrogen) atoms. The Kier molecular flexibility index (Phi) is 6.01. The number of aryl methyl sites for hydroxylation is 1. The molecule has 0 bridgehead atoms. The Labute approximate surface area is 191 Å². The third kappa shape index (κ3) is 4.58. The molecule has 8 nitrogen and oxygen atoms in total. The second-order valence-corrected chi connectivity index (χ2v) is 7.32. The van der Waals surface area contributed by atoms with Gasteiger partial charge in [0.1, 0.15) is 5.75 Å². The van der Waals surface area contributed by atoms with Gasteiger partial charge in [0.15, 0.2) is 6.61 Å². The Balaban J connectivity index is 1.65. The number of ether oxygens (including phenoxy) is 2. The Morgan fingerprint density at radius 1 is 1.15 bits per heavy atom. The molecule has 0 saturated heterocycles. The van der Waals surface area contributed by atoms with Crippen LogP contribution in [0.5, 0.6) is 11.6 Å². The summed E-state index contributed by atoms with van der Waals surface area (Å²) in [5.74, 6) is -0.323. The molecule has 1 N–H and O–H groups in total. The fourth-order valence-electron chi connectivity index (χ4n) is 3.49. The van der Waals surface area contributed by atoms with Gasteiger partial charge in [-0.25, -0.2) is 4.98 Å². The monoisotopic (exact) mass is 472 g/mol. The zero-order valence-corrected chi connectivity index (χ0v) is 18.1. The summed E-state index contributed by atoms with van der Waals surface area (Å²) in [6.45, 7) is -1.47. The second-order valence-electron chi connectivity index (χ2n) is 7.32. The molecule has 1 aromatic carbocycles. The zero-order chi connectivity index (χ0) is 24.5. The lowest BCUT2D eigenvalue weighted by molar-refractivity contribution is -0.154. The topological polar surface area (TPSA) is 87.4 Å². The first-order valence-electron chi connectivity index (χ1n) is 9.99. The molecule has 0 radical (unpaired) electrons. The van der Waals surface area contributed by atoms with Crippen molar-refractivity contribution in [2.75, 3.05) is 19.0 Å². The van der Waals surface area contributed by atoms with Crippen LogP contribution < -0.4 is 20.3 Å². The number of rotatable bonds is 6. The summed E-state index contributed by atoms with van der Waals surface area (Å²) in [6.07, 6.45) is -0.183. The lowest BCUT2D eigenvalue weighted by Crippen LogP contribution is -2.21. The number of nitrogens with one attached hydrogen (secondary N) is 1. The van der Waals surface area contributed by atoms with Crippen molar-refractivity contribution in [3.8, 4) is 17.3 Å². The van der Waals surface area contributed by atoms with E-state index in [9.17, 15) is 22.8 Å². The van der Waals surface area contributed by atoms with Crippen LogP contribution in [0.15, 0.2) is 65.8 Å². The zero-order valence-electron chi connectivity index (χ0n) is 18.1. The van der Waals surface area contributed by atoms with Gasteiger partial charge in [-0.2, -0.15) is 13.2 Å². The van der Waals surface area contributed by atoms with E-state index in [2.05, 4.69) is 15.0 Å². The van der Waals surface area contributed by atoms with E-state index in [1.807, 2.05) is 0 Å². The fourth-order valence-corrected chi connectivity index (χ4v) is 3.49. The summed E-state index contributed by atoms with van der Waals surface area (Å²) in [6, 6.07) is 11.3. The largest absolute Gasteiger partial charge is 0.495 e. The minimum absolute atomic E-state index is 0.129. The van der Waals surface area contributed by atoms with E-state index in [0.717, 1.165) is 0 Å². The minimum atomic E-state index is -4.49. The summed E-state index contributed by atoms with van der Waals surface area (Å²) in [5, 5.41) is 2.81. The molecule has 0 saturated carbocycles.